The summed E-state index contributed by atoms with van der Waals surface area (Å²) in [7, 11) is 0. The number of halogens is 2. The van der Waals surface area contributed by atoms with Crippen LogP contribution in [0.15, 0.2) is 18.2 Å². The number of carbonyl (C=O) groups is 3. The van der Waals surface area contributed by atoms with Gasteiger partial charge in [-0.1, -0.05) is 11.6 Å². The van der Waals surface area contributed by atoms with Gasteiger partial charge in [-0.15, -0.1) is 0 Å². The molecule has 0 saturated heterocycles. The number of amides is 2. The van der Waals surface area contributed by atoms with Gasteiger partial charge in [0, 0.05) is 15.0 Å². The van der Waals surface area contributed by atoms with Crippen LogP contribution in [0.4, 0.5) is 0 Å². The van der Waals surface area contributed by atoms with E-state index in [1.54, 1.807) is 12.1 Å². The van der Waals surface area contributed by atoms with Gasteiger partial charge in [0.2, 0.25) is 5.91 Å². The largest absolute Gasteiger partial charge is 0.480 e. The van der Waals surface area contributed by atoms with Gasteiger partial charge in [-0.3, -0.25) is 9.59 Å². The molecule has 108 valence electrons. The van der Waals surface area contributed by atoms with E-state index in [-0.39, 0.29) is 18.4 Å². The molecule has 0 saturated carbocycles. The minimum atomic E-state index is -1.23. The Hall–Kier alpha value is -1.35. The van der Waals surface area contributed by atoms with Crippen molar-refractivity contribution >= 4 is 52.0 Å². The Morgan fingerprint density at radius 1 is 1.40 bits per heavy atom. The quantitative estimate of drug-likeness (QED) is 0.616. The standard InChI is InChI=1S/C12H12ClIN2O4/c13-6-1-2-8(14)7(5-6)11(18)16-9(12(19)20)3-4-10(15)17/h1-2,5,9H,3-4H2,(H2,15,17)(H,16,18)(H,19,20). The highest BCUT2D eigenvalue weighted by atomic mass is 127. The number of carbonyl (C=O) groups excluding carboxylic acids is 2. The molecule has 0 aliphatic rings. The number of carboxylic acid groups (broad SMARTS) is 1. The number of carboxylic acids is 1. The minimum Gasteiger partial charge on any atom is -0.480 e. The van der Waals surface area contributed by atoms with E-state index < -0.39 is 23.8 Å². The van der Waals surface area contributed by atoms with Gasteiger partial charge in [-0.25, -0.2) is 4.79 Å². The summed E-state index contributed by atoms with van der Waals surface area (Å²) in [5.41, 5.74) is 5.24. The van der Waals surface area contributed by atoms with Gasteiger partial charge in [0.15, 0.2) is 0 Å². The number of rotatable bonds is 6. The molecule has 2 amide bonds. The molecule has 0 spiro atoms. The maximum Gasteiger partial charge on any atom is 0.326 e. The fourth-order valence-electron chi connectivity index (χ4n) is 1.45. The van der Waals surface area contributed by atoms with Crippen LogP contribution in [0.1, 0.15) is 23.2 Å². The van der Waals surface area contributed by atoms with E-state index in [1.807, 2.05) is 22.6 Å². The van der Waals surface area contributed by atoms with E-state index in [0.29, 0.717) is 8.59 Å². The van der Waals surface area contributed by atoms with Gasteiger partial charge in [0.05, 0.1) is 5.56 Å². The molecule has 4 N–H and O–H groups in total. The first kappa shape index (κ1) is 16.7. The van der Waals surface area contributed by atoms with Crippen molar-refractivity contribution in [2.45, 2.75) is 18.9 Å². The number of benzene rings is 1. The fraction of sp³-hybridized carbons (Fsp3) is 0.250. The van der Waals surface area contributed by atoms with Gasteiger partial charge >= 0.3 is 5.97 Å². The number of hydrogen-bond donors (Lipinski definition) is 3. The normalized spacial score (nSPS) is 11.7. The van der Waals surface area contributed by atoms with Crippen molar-refractivity contribution in [2.75, 3.05) is 0 Å². The van der Waals surface area contributed by atoms with Gasteiger partial charge in [0.1, 0.15) is 6.04 Å². The molecule has 6 nitrogen and oxygen atoms in total. The molecule has 0 aliphatic carbocycles. The maximum absolute atomic E-state index is 12.0. The lowest BCUT2D eigenvalue weighted by atomic mass is 10.1. The third kappa shape index (κ3) is 4.97. The van der Waals surface area contributed by atoms with E-state index in [2.05, 4.69) is 5.32 Å². The summed E-state index contributed by atoms with van der Waals surface area (Å²) >= 11 is 7.75. The van der Waals surface area contributed by atoms with Crippen LogP contribution >= 0.6 is 34.2 Å². The number of nitrogens with two attached hydrogens (primary N) is 1. The van der Waals surface area contributed by atoms with Gasteiger partial charge < -0.3 is 16.2 Å². The molecule has 1 rings (SSSR count). The van der Waals surface area contributed by atoms with E-state index in [0.717, 1.165) is 0 Å². The first-order valence-corrected chi connectivity index (χ1v) is 7.04. The van der Waals surface area contributed by atoms with Crippen molar-refractivity contribution in [3.05, 3.63) is 32.4 Å². The van der Waals surface area contributed by atoms with Crippen LogP contribution < -0.4 is 11.1 Å². The molecule has 1 aromatic carbocycles. The molecular weight excluding hydrogens is 398 g/mol. The molecule has 0 fully saturated rings. The predicted molar refractivity (Wildman–Crippen MR) is 81.5 cm³/mol. The van der Waals surface area contributed by atoms with Gasteiger partial charge in [0.25, 0.3) is 5.91 Å². The molecule has 20 heavy (non-hydrogen) atoms. The van der Waals surface area contributed by atoms with Crippen LogP contribution in [-0.2, 0) is 9.59 Å². The Bertz CT molecular complexity index is 550. The van der Waals surface area contributed by atoms with Crippen molar-refractivity contribution in [1.82, 2.24) is 5.32 Å². The monoisotopic (exact) mass is 410 g/mol. The second-order valence-electron chi connectivity index (χ2n) is 3.99. The van der Waals surface area contributed by atoms with E-state index in [9.17, 15) is 14.4 Å². The Morgan fingerprint density at radius 3 is 2.60 bits per heavy atom. The SMILES string of the molecule is NC(=O)CCC(NC(=O)c1cc(Cl)ccc1I)C(=O)O. The maximum atomic E-state index is 12.0. The summed E-state index contributed by atoms with van der Waals surface area (Å²) in [6.07, 6.45) is -0.183. The summed E-state index contributed by atoms with van der Waals surface area (Å²) in [4.78, 5) is 33.7. The summed E-state index contributed by atoms with van der Waals surface area (Å²) in [5, 5.41) is 11.7. The zero-order chi connectivity index (χ0) is 15.3. The predicted octanol–water partition coefficient (Wildman–Crippen LogP) is 1.39. The highest BCUT2D eigenvalue weighted by Crippen LogP contribution is 2.18. The third-order valence-corrected chi connectivity index (χ3v) is 3.63. The smallest absolute Gasteiger partial charge is 0.326 e. The minimum absolute atomic E-state index is 0.0620. The Labute approximate surface area is 133 Å². The second kappa shape index (κ2) is 7.44. The van der Waals surface area contributed by atoms with E-state index in [1.165, 1.54) is 6.07 Å². The zero-order valence-corrected chi connectivity index (χ0v) is 13.1. The van der Waals surface area contributed by atoms with Crippen molar-refractivity contribution < 1.29 is 19.5 Å². The first-order chi connectivity index (χ1) is 9.31. The third-order valence-electron chi connectivity index (χ3n) is 2.46. The molecule has 1 unspecified atom stereocenters. The Kier molecular flexibility index (Phi) is 6.21. The van der Waals surface area contributed by atoms with Crippen molar-refractivity contribution in [3.63, 3.8) is 0 Å². The molecule has 0 bridgehead atoms. The number of hydrogen-bond acceptors (Lipinski definition) is 3. The van der Waals surface area contributed by atoms with Crippen LogP contribution in [0.25, 0.3) is 0 Å². The summed E-state index contributed by atoms with van der Waals surface area (Å²) < 4.78 is 0.642. The van der Waals surface area contributed by atoms with Crippen molar-refractivity contribution in [2.24, 2.45) is 5.73 Å². The molecule has 1 aromatic rings. The van der Waals surface area contributed by atoms with E-state index >= 15 is 0 Å². The van der Waals surface area contributed by atoms with Gasteiger partial charge in [-0.05, 0) is 47.2 Å². The first-order valence-electron chi connectivity index (χ1n) is 5.58. The summed E-state index contributed by atoms with van der Waals surface area (Å²) in [6, 6.07) is 3.55. The number of primary amides is 1. The molecule has 0 aromatic heterocycles. The molecule has 1 atom stereocenters. The Balaban J connectivity index is 2.82. The van der Waals surface area contributed by atoms with Crippen LogP contribution in [0, 0.1) is 3.57 Å². The molecule has 8 heteroatoms. The lowest BCUT2D eigenvalue weighted by molar-refractivity contribution is -0.139. The molecular formula is C12H12ClIN2O4. The molecule has 0 aliphatic heterocycles. The second-order valence-corrected chi connectivity index (χ2v) is 5.59. The highest BCUT2D eigenvalue weighted by Gasteiger charge is 2.22. The topological polar surface area (TPSA) is 109 Å². The van der Waals surface area contributed by atoms with Crippen LogP contribution in [0.5, 0.6) is 0 Å². The zero-order valence-electron chi connectivity index (χ0n) is 10.2. The lowest BCUT2D eigenvalue weighted by Gasteiger charge is -2.14. The van der Waals surface area contributed by atoms with Gasteiger partial charge in [-0.2, -0.15) is 0 Å². The summed E-state index contributed by atoms with van der Waals surface area (Å²) in [5.74, 6) is -2.41. The van der Waals surface area contributed by atoms with Crippen LogP contribution in [0.2, 0.25) is 5.02 Å². The number of nitrogens with one attached hydrogen (secondary N) is 1. The summed E-state index contributed by atoms with van der Waals surface area (Å²) in [6.45, 7) is 0. The average Bonchev–Trinajstić information content (AvgIpc) is 2.36. The van der Waals surface area contributed by atoms with E-state index in [4.69, 9.17) is 22.4 Å². The van der Waals surface area contributed by atoms with Crippen LogP contribution in [-0.4, -0.2) is 28.9 Å². The highest BCUT2D eigenvalue weighted by molar-refractivity contribution is 14.1. The molecule has 0 heterocycles. The fourth-order valence-corrected chi connectivity index (χ4v) is 2.20. The van der Waals surface area contributed by atoms with Crippen LogP contribution in [0.3, 0.4) is 0 Å². The van der Waals surface area contributed by atoms with Crippen molar-refractivity contribution in [1.29, 1.82) is 0 Å². The number of aliphatic carboxylic acids is 1. The average molecular weight is 411 g/mol. The Morgan fingerprint density at radius 2 is 2.05 bits per heavy atom. The molecule has 0 radical (unpaired) electrons. The lowest BCUT2D eigenvalue weighted by Crippen LogP contribution is -2.41. The van der Waals surface area contributed by atoms with Crippen molar-refractivity contribution in [3.8, 4) is 0 Å².